The zero-order valence-corrected chi connectivity index (χ0v) is 6.97. The summed E-state index contributed by atoms with van der Waals surface area (Å²) in [6.45, 7) is 3.45. The van der Waals surface area contributed by atoms with Gasteiger partial charge < -0.3 is 16.8 Å². The fourth-order valence-electron chi connectivity index (χ4n) is 0.751. The van der Waals surface area contributed by atoms with Crippen molar-refractivity contribution < 1.29 is 4.79 Å². The molecule has 0 bridgehead atoms. The Morgan fingerprint density at radius 2 is 2.09 bits per heavy atom. The lowest BCUT2D eigenvalue weighted by molar-refractivity contribution is -0.124. The summed E-state index contributed by atoms with van der Waals surface area (Å²) in [5.74, 6) is 0.0486. The maximum Gasteiger partial charge on any atom is 0.222 e. The van der Waals surface area contributed by atoms with Crippen molar-refractivity contribution in [2.45, 2.75) is 13.3 Å². The summed E-state index contributed by atoms with van der Waals surface area (Å²) in [6, 6.07) is 0. The summed E-state index contributed by atoms with van der Waals surface area (Å²) in [5.41, 5.74) is 10.5. The minimum absolute atomic E-state index is 0.00606. The van der Waals surface area contributed by atoms with Crippen molar-refractivity contribution in [3.8, 4) is 0 Å². The van der Waals surface area contributed by atoms with E-state index in [2.05, 4.69) is 5.32 Å². The van der Waals surface area contributed by atoms with Gasteiger partial charge in [0.25, 0.3) is 0 Å². The number of hydrogen-bond acceptors (Lipinski definition) is 3. The van der Waals surface area contributed by atoms with E-state index in [1.165, 1.54) is 0 Å². The van der Waals surface area contributed by atoms with Crippen LogP contribution in [0, 0.1) is 5.92 Å². The highest BCUT2D eigenvalue weighted by molar-refractivity contribution is 5.78. The number of carbonyl (C=O) groups excluding carboxylic acids is 1. The van der Waals surface area contributed by atoms with Gasteiger partial charge in [0.15, 0.2) is 0 Å². The van der Waals surface area contributed by atoms with Crippen LogP contribution >= 0.6 is 0 Å². The molecule has 0 rings (SSSR count). The molecule has 66 valence electrons. The van der Waals surface area contributed by atoms with Gasteiger partial charge in [0.05, 0.1) is 0 Å². The molecule has 0 fully saturated rings. The van der Waals surface area contributed by atoms with E-state index in [0.29, 0.717) is 19.6 Å². The SMILES string of the molecule is CC(CCN)C(=O)NCCN. The largest absolute Gasteiger partial charge is 0.355 e. The van der Waals surface area contributed by atoms with Gasteiger partial charge >= 0.3 is 0 Å². The number of hydrogen-bond donors (Lipinski definition) is 3. The average molecular weight is 159 g/mol. The molecule has 11 heavy (non-hydrogen) atoms. The first kappa shape index (κ1) is 10.4. The number of carbonyl (C=O) groups is 1. The molecule has 1 unspecified atom stereocenters. The summed E-state index contributed by atoms with van der Waals surface area (Å²) >= 11 is 0. The fourth-order valence-corrected chi connectivity index (χ4v) is 0.751. The number of amides is 1. The Bertz CT molecular complexity index is 116. The molecular weight excluding hydrogens is 142 g/mol. The summed E-state index contributed by atoms with van der Waals surface area (Å²) < 4.78 is 0. The van der Waals surface area contributed by atoms with Crippen molar-refractivity contribution in [2.24, 2.45) is 17.4 Å². The van der Waals surface area contributed by atoms with E-state index in [1.807, 2.05) is 6.92 Å². The topological polar surface area (TPSA) is 81.1 Å². The van der Waals surface area contributed by atoms with Gasteiger partial charge in [0.1, 0.15) is 0 Å². The fraction of sp³-hybridized carbons (Fsp3) is 0.857. The Labute approximate surface area is 67.3 Å². The molecule has 0 saturated heterocycles. The Kier molecular flexibility index (Phi) is 5.78. The zero-order chi connectivity index (χ0) is 8.69. The number of nitrogens with two attached hydrogens (primary N) is 2. The Balaban J connectivity index is 3.47. The molecule has 0 aromatic rings. The van der Waals surface area contributed by atoms with Crippen LogP contribution in [0.4, 0.5) is 0 Å². The van der Waals surface area contributed by atoms with Gasteiger partial charge in [-0.1, -0.05) is 6.92 Å². The van der Waals surface area contributed by atoms with Crippen LogP contribution in [0.15, 0.2) is 0 Å². The third-order valence-electron chi connectivity index (χ3n) is 1.49. The molecule has 0 aromatic heterocycles. The van der Waals surface area contributed by atoms with Gasteiger partial charge in [-0.15, -0.1) is 0 Å². The highest BCUT2D eigenvalue weighted by Crippen LogP contribution is 1.98. The standard InChI is InChI=1S/C7H17N3O/c1-6(2-3-8)7(11)10-5-4-9/h6H,2-5,8-9H2,1H3,(H,10,11). The Morgan fingerprint density at radius 1 is 1.45 bits per heavy atom. The van der Waals surface area contributed by atoms with E-state index < -0.39 is 0 Å². The predicted octanol–water partition coefficient (Wildman–Crippen LogP) is -0.954. The van der Waals surface area contributed by atoms with E-state index in [1.54, 1.807) is 0 Å². The van der Waals surface area contributed by atoms with E-state index >= 15 is 0 Å². The molecule has 0 radical (unpaired) electrons. The van der Waals surface area contributed by atoms with Gasteiger partial charge in [-0.25, -0.2) is 0 Å². The molecular formula is C7H17N3O. The second kappa shape index (κ2) is 6.12. The Hall–Kier alpha value is -0.610. The first-order valence-corrected chi connectivity index (χ1v) is 3.90. The van der Waals surface area contributed by atoms with Crippen LogP contribution in [0.5, 0.6) is 0 Å². The van der Waals surface area contributed by atoms with Crippen molar-refractivity contribution in [3.63, 3.8) is 0 Å². The summed E-state index contributed by atoms with van der Waals surface area (Å²) in [6.07, 6.45) is 0.733. The normalized spacial score (nSPS) is 12.6. The summed E-state index contributed by atoms with van der Waals surface area (Å²) in [7, 11) is 0. The maximum atomic E-state index is 11.1. The van der Waals surface area contributed by atoms with Crippen LogP contribution in [0.1, 0.15) is 13.3 Å². The lowest BCUT2D eigenvalue weighted by Gasteiger charge is -2.09. The van der Waals surface area contributed by atoms with Crippen LogP contribution in [0.3, 0.4) is 0 Å². The van der Waals surface area contributed by atoms with E-state index in [9.17, 15) is 4.79 Å². The summed E-state index contributed by atoms with van der Waals surface area (Å²) in [5, 5.41) is 2.70. The van der Waals surface area contributed by atoms with Crippen LogP contribution in [0.25, 0.3) is 0 Å². The first-order valence-electron chi connectivity index (χ1n) is 3.90. The molecule has 5 N–H and O–H groups in total. The smallest absolute Gasteiger partial charge is 0.222 e. The molecule has 0 spiro atoms. The second-order valence-corrected chi connectivity index (χ2v) is 2.56. The van der Waals surface area contributed by atoms with Gasteiger partial charge in [0.2, 0.25) is 5.91 Å². The second-order valence-electron chi connectivity index (χ2n) is 2.56. The maximum absolute atomic E-state index is 11.1. The van der Waals surface area contributed by atoms with Crippen molar-refractivity contribution in [1.29, 1.82) is 0 Å². The number of nitrogens with one attached hydrogen (secondary N) is 1. The molecule has 0 saturated carbocycles. The molecule has 4 heteroatoms. The van der Waals surface area contributed by atoms with E-state index in [0.717, 1.165) is 6.42 Å². The van der Waals surface area contributed by atoms with Crippen LogP contribution in [0.2, 0.25) is 0 Å². The van der Waals surface area contributed by atoms with Crippen LogP contribution in [-0.2, 0) is 4.79 Å². The van der Waals surface area contributed by atoms with Crippen molar-refractivity contribution >= 4 is 5.91 Å². The van der Waals surface area contributed by atoms with Crippen molar-refractivity contribution in [1.82, 2.24) is 5.32 Å². The van der Waals surface area contributed by atoms with Crippen LogP contribution in [-0.4, -0.2) is 25.5 Å². The van der Waals surface area contributed by atoms with Crippen molar-refractivity contribution in [2.75, 3.05) is 19.6 Å². The molecule has 0 aliphatic heterocycles. The molecule has 0 aromatic carbocycles. The number of rotatable bonds is 5. The molecule has 1 amide bonds. The quantitative estimate of drug-likeness (QED) is 0.483. The average Bonchev–Trinajstić information content (AvgIpc) is 2.00. The minimum atomic E-state index is 0.00606. The monoisotopic (exact) mass is 159 g/mol. The van der Waals surface area contributed by atoms with Gasteiger partial charge in [-0.2, -0.15) is 0 Å². The van der Waals surface area contributed by atoms with E-state index in [4.69, 9.17) is 11.5 Å². The third kappa shape index (κ3) is 4.75. The molecule has 4 nitrogen and oxygen atoms in total. The minimum Gasteiger partial charge on any atom is -0.355 e. The lowest BCUT2D eigenvalue weighted by atomic mass is 10.1. The van der Waals surface area contributed by atoms with Crippen LogP contribution < -0.4 is 16.8 Å². The van der Waals surface area contributed by atoms with Gasteiger partial charge in [-0.05, 0) is 13.0 Å². The predicted molar refractivity (Wildman–Crippen MR) is 44.9 cm³/mol. The molecule has 1 atom stereocenters. The van der Waals surface area contributed by atoms with E-state index in [-0.39, 0.29) is 11.8 Å². The van der Waals surface area contributed by atoms with Crippen molar-refractivity contribution in [3.05, 3.63) is 0 Å². The molecule has 0 aliphatic carbocycles. The Morgan fingerprint density at radius 3 is 2.55 bits per heavy atom. The van der Waals surface area contributed by atoms with Gasteiger partial charge in [-0.3, -0.25) is 4.79 Å². The summed E-state index contributed by atoms with van der Waals surface area (Å²) in [4.78, 5) is 11.1. The first-order chi connectivity index (χ1) is 5.22. The molecule has 0 aliphatic rings. The third-order valence-corrected chi connectivity index (χ3v) is 1.49. The highest BCUT2D eigenvalue weighted by atomic mass is 16.1. The molecule has 0 heterocycles. The lowest BCUT2D eigenvalue weighted by Crippen LogP contribution is -2.33. The highest BCUT2D eigenvalue weighted by Gasteiger charge is 2.09. The van der Waals surface area contributed by atoms with Gasteiger partial charge in [0, 0.05) is 19.0 Å². The zero-order valence-electron chi connectivity index (χ0n) is 6.97.